The number of rotatable bonds is 4. The minimum atomic E-state index is -3.36. The Morgan fingerprint density at radius 2 is 2.21 bits per heavy atom. The highest BCUT2D eigenvalue weighted by atomic mass is 35.5. The highest BCUT2D eigenvalue weighted by molar-refractivity contribution is 7.89. The van der Waals surface area contributed by atoms with Gasteiger partial charge in [-0.25, -0.2) is 8.42 Å². The molecule has 1 unspecified atom stereocenters. The van der Waals surface area contributed by atoms with E-state index in [0.29, 0.717) is 23.9 Å². The smallest absolute Gasteiger partial charge is 0.207 e. The zero-order valence-electron chi connectivity index (χ0n) is 11.1. The lowest BCUT2D eigenvalue weighted by Gasteiger charge is -2.20. The average Bonchev–Trinajstić information content (AvgIpc) is 2.76. The van der Waals surface area contributed by atoms with Gasteiger partial charge >= 0.3 is 0 Å². The molecule has 19 heavy (non-hydrogen) atoms. The summed E-state index contributed by atoms with van der Waals surface area (Å²) in [6.45, 7) is 3.45. The van der Waals surface area contributed by atoms with E-state index in [9.17, 15) is 8.42 Å². The molecule has 6 heteroatoms. The van der Waals surface area contributed by atoms with Crippen molar-refractivity contribution in [3.8, 4) is 0 Å². The van der Waals surface area contributed by atoms with Crippen LogP contribution in [0.15, 0.2) is 16.3 Å². The van der Waals surface area contributed by atoms with Gasteiger partial charge in [-0.1, -0.05) is 13.3 Å². The number of hydrogen-bond acceptors (Lipinski definition) is 3. The Kier molecular flexibility index (Phi) is 5.29. The topological polar surface area (TPSA) is 37.4 Å². The molecule has 0 aliphatic carbocycles. The quantitative estimate of drug-likeness (QED) is 0.793. The molecule has 0 spiro atoms. The first-order valence-electron chi connectivity index (χ1n) is 6.72. The first-order chi connectivity index (χ1) is 9.09. The molecule has 0 aromatic carbocycles. The Labute approximate surface area is 124 Å². The predicted molar refractivity (Wildman–Crippen MR) is 80.3 cm³/mol. The maximum atomic E-state index is 12.6. The Morgan fingerprint density at radius 1 is 1.42 bits per heavy atom. The standard InChI is InChI=1S/C13H20ClNO2S2/c1-2-11-4-3-7-15(8-5-11)19(16,17)13-6-9-18-12(13)10-14/h6,9,11H,2-5,7-8,10H2,1H3. The molecule has 1 aromatic rings. The summed E-state index contributed by atoms with van der Waals surface area (Å²) in [5.41, 5.74) is 0. The van der Waals surface area contributed by atoms with Crippen LogP contribution in [0.5, 0.6) is 0 Å². The van der Waals surface area contributed by atoms with Gasteiger partial charge in [-0.3, -0.25) is 0 Å². The zero-order valence-corrected chi connectivity index (χ0v) is 13.5. The molecule has 1 atom stereocenters. The van der Waals surface area contributed by atoms with E-state index in [1.807, 2.05) is 0 Å². The summed E-state index contributed by atoms with van der Waals surface area (Å²) in [7, 11) is -3.36. The summed E-state index contributed by atoms with van der Waals surface area (Å²) < 4.78 is 26.9. The molecule has 2 heterocycles. The van der Waals surface area contributed by atoms with Crippen molar-refractivity contribution in [2.45, 2.75) is 43.4 Å². The van der Waals surface area contributed by atoms with Crippen LogP contribution in [0.3, 0.4) is 0 Å². The van der Waals surface area contributed by atoms with E-state index < -0.39 is 10.0 Å². The number of nitrogens with zero attached hydrogens (tertiary/aromatic N) is 1. The monoisotopic (exact) mass is 321 g/mol. The van der Waals surface area contributed by atoms with Gasteiger partial charge < -0.3 is 0 Å². The van der Waals surface area contributed by atoms with Crippen LogP contribution in [0.4, 0.5) is 0 Å². The average molecular weight is 322 g/mol. The molecule has 0 bridgehead atoms. The van der Waals surface area contributed by atoms with Crippen molar-refractivity contribution in [2.24, 2.45) is 5.92 Å². The zero-order chi connectivity index (χ0) is 13.9. The van der Waals surface area contributed by atoms with Crippen LogP contribution in [0.1, 0.15) is 37.5 Å². The summed E-state index contributed by atoms with van der Waals surface area (Å²) in [4.78, 5) is 1.15. The summed E-state index contributed by atoms with van der Waals surface area (Å²) in [6.07, 6.45) is 4.20. The number of hydrogen-bond donors (Lipinski definition) is 0. The van der Waals surface area contributed by atoms with Crippen LogP contribution in [-0.2, 0) is 15.9 Å². The van der Waals surface area contributed by atoms with Crippen LogP contribution in [0.25, 0.3) is 0 Å². The Bertz CT molecular complexity index is 512. The summed E-state index contributed by atoms with van der Waals surface area (Å²) in [5, 5.41) is 1.80. The van der Waals surface area contributed by atoms with Crippen LogP contribution in [0.2, 0.25) is 0 Å². The minimum absolute atomic E-state index is 0.262. The second-order valence-corrected chi connectivity index (χ2v) is 8.13. The van der Waals surface area contributed by atoms with E-state index in [4.69, 9.17) is 11.6 Å². The largest absolute Gasteiger partial charge is 0.244 e. The Balaban J connectivity index is 2.20. The van der Waals surface area contributed by atoms with Crippen molar-refractivity contribution < 1.29 is 8.42 Å². The maximum absolute atomic E-state index is 12.6. The van der Waals surface area contributed by atoms with Gasteiger partial charge in [-0.05, 0) is 36.6 Å². The molecule has 2 rings (SSSR count). The molecule has 1 fully saturated rings. The fourth-order valence-electron chi connectivity index (χ4n) is 2.58. The fourth-order valence-corrected chi connectivity index (χ4v) is 5.75. The molecule has 1 aliphatic rings. The van der Waals surface area contributed by atoms with E-state index in [-0.39, 0.29) is 5.88 Å². The van der Waals surface area contributed by atoms with Gasteiger partial charge in [-0.15, -0.1) is 22.9 Å². The van der Waals surface area contributed by atoms with Gasteiger partial charge in [0.25, 0.3) is 0 Å². The van der Waals surface area contributed by atoms with E-state index in [1.165, 1.54) is 11.3 Å². The molecule has 0 saturated carbocycles. The molecule has 1 aliphatic heterocycles. The van der Waals surface area contributed by atoms with Gasteiger partial charge in [0.15, 0.2) is 0 Å². The van der Waals surface area contributed by atoms with Crippen molar-refractivity contribution in [3.63, 3.8) is 0 Å². The molecular formula is C13H20ClNO2S2. The van der Waals surface area contributed by atoms with E-state index in [1.54, 1.807) is 15.8 Å². The third-order valence-corrected chi connectivity index (χ3v) is 7.29. The molecule has 0 amide bonds. The maximum Gasteiger partial charge on any atom is 0.244 e. The molecular weight excluding hydrogens is 302 g/mol. The number of halogens is 1. The van der Waals surface area contributed by atoms with E-state index in [2.05, 4.69) is 6.92 Å². The first kappa shape index (κ1) is 15.3. The van der Waals surface area contributed by atoms with Gasteiger partial charge in [0.1, 0.15) is 0 Å². The number of alkyl halides is 1. The van der Waals surface area contributed by atoms with Gasteiger partial charge in [0.05, 0.1) is 10.8 Å². The summed E-state index contributed by atoms with van der Waals surface area (Å²) in [5.74, 6) is 0.924. The van der Waals surface area contributed by atoms with Gasteiger partial charge in [0, 0.05) is 18.0 Å². The third kappa shape index (κ3) is 3.32. The first-order valence-corrected chi connectivity index (χ1v) is 9.57. The van der Waals surface area contributed by atoms with Gasteiger partial charge in [-0.2, -0.15) is 4.31 Å². The summed E-state index contributed by atoms with van der Waals surface area (Å²) >= 11 is 7.24. The van der Waals surface area contributed by atoms with Crippen molar-refractivity contribution in [1.29, 1.82) is 0 Å². The number of thiophene rings is 1. The number of sulfonamides is 1. The molecule has 1 saturated heterocycles. The van der Waals surface area contributed by atoms with Crippen molar-refractivity contribution in [1.82, 2.24) is 4.31 Å². The normalized spacial score (nSPS) is 22.3. The second-order valence-electron chi connectivity index (χ2n) is 4.95. The van der Waals surface area contributed by atoms with Crippen molar-refractivity contribution >= 4 is 33.0 Å². The lowest BCUT2D eigenvalue weighted by atomic mass is 9.98. The van der Waals surface area contributed by atoms with Crippen LogP contribution < -0.4 is 0 Å². The van der Waals surface area contributed by atoms with Crippen molar-refractivity contribution in [2.75, 3.05) is 13.1 Å². The Morgan fingerprint density at radius 3 is 2.89 bits per heavy atom. The van der Waals surface area contributed by atoms with Crippen LogP contribution in [-0.4, -0.2) is 25.8 Å². The molecule has 0 N–H and O–H groups in total. The fraction of sp³-hybridized carbons (Fsp3) is 0.692. The summed E-state index contributed by atoms with van der Waals surface area (Å²) in [6, 6.07) is 1.68. The SMILES string of the molecule is CCC1CCCN(S(=O)(=O)c2ccsc2CCl)CC1. The predicted octanol–water partition coefficient (Wildman–Crippen LogP) is 3.69. The van der Waals surface area contributed by atoms with Crippen LogP contribution >= 0.6 is 22.9 Å². The van der Waals surface area contributed by atoms with E-state index >= 15 is 0 Å². The Hall–Kier alpha value is -0.100. The second kappa shape index (κ2) is 6.57. The highest BCUT2D eigenvalue weighted by Gasteiger charge is 2.29. The molecule has 3 nitrogen and oxygen atoms in total. The molecule has 108 valence electrons. The molecule has 1 aromatic heterocycles. The minimum Gasteiger partial charge on any atom is -0.207 e. The highest BCUT2D eigenvalue weighted by Crippen LogP contribution is 2.29. The lowest BCUT2D eigenvalue weighted by Crippen LogP contribution is -2.32. The van der Waals surface area contributed by atoms with Crippen molar-refractivity contribution in [3.05, 3.63) is 16.3 Å². The van der Waals surface area contributed by atoms with E-state index in [0.717, 1.165) is 30.6 Å². The van der Waals surface area contributed by atoms with Crippen LogP contribution in [0, 0.1) is 5.92 Å². The third-order valence-electron chi connectivity index (χ3n) is 3.83. The van der Waals surface area contributed by atoms with Gasteiger partial charge in [0.2, 0.25) is 10.0 Å². The lowest BCUT2D eigenvalue weighted by molar-refractivity contribution is 0.407. The molecule has 0 radical (unpaired) electrons.